The second-order valence-corrected chi connectivity index (χ2v) is 10.1. The summed E-state index contributed by atoms with van der Waals surface area (Å²) < 4.78 is 22.5. The van der Waals surface area contributed by atoms with E-state index in [1.807, 2.05) is 20.8 Å². The molecule has 1 aliphatic heterocycles. The number of thiazole rings is 1. The van der Waals surface area contributed by atoms with Crippen LogP contribution in [0.5, 0.6) is 11.5 Å². The van der Waals surface area contributed by atoms with Gasteiger partial charge in [-0.1, -0.05) is 17.4 Å². The molecule has 1 aliphatic rings. The first-order valence-corrected chi connectivity index (χ1v) is 13.4. The van der Waals surface area contributed by atoms with Gasteiger partial charge in [0.2, 0.25) is 5.76 Å². The van der Waals surface area contributed by atoms with Crippen LogP contribution in [0.4, 0.5) is 5.13 Å². The van der Waals surface area contributed by atoms with E-state index in [0.717, 1.165) is 22.5 Å². The van der Waals surface area contributed by atoms with E-state index in [9.17, 15) is 14.4 Å². The van der Waals surface area contributed by atoms with Crippen LogP contribution in [0.15, 0.2) is 39.5 Å². The number of aryl methyl sites for hydroxylation is 3. The summed E-state index contributed by atoms with van der Waals surface area (Å²) in [6.45, 7) is 9.75. The molecule has 4 aromatic rings. The van der Waals surface area contributed by atoms with Gasteiger partial charge in [0.1, 0.15) is 10.5 Å². The van der Waals surface area contributed by atoms with Gasteiger partial charge in [0.15, 0.2) is 22.1 Å². The summed E-state index contributed by atoms with van der Waals surface area (Å²) in [5, 5.41) is 0.637. The highest BCUT2D eigenvalue weighted by Crippen LogP contribution is 2.45. The third-order valence-corrected chi connectivity index (χ3v) is 7.88. The largest absolute Gasteiger partial charge is 0.493 e. The van der Waals surface area contributed by atoms with Crippen LogP contribution in [-0.2, 0) is 4.74 Å². The van der Waals surface area contributed by atoms with Crippen molar-refractivity contribution >= 4 is 39.3 Å². The van der Waals surface area contributed by atoms with Crippen molar-refractivity contribution in [3.63, 3.8) is 0 Å². The Kier molecular flexibility index (Phi) is 6.90. The van der Waals surface area contributed by atoms with Gasteiger partial charge in [0.25, 0.3) is 5.91 Å². The molecule has 10 heteroatoms. The number of hydrogen-bond acceptors (Lipinski definition) is 9. The number of nitrogens with zero attached hydrogens (tertiary/aromatic N) is 2. The van der Waals surface area contributed by atoms with E-state index < -0.39 is 17.9 Å². The molecule has 0 bridgehead atoms. The van der Waals surface area contributed by atoms with E-state index >= 15 is 0 Å². The van der Waals surface area contributed by atoms with Crippen molar-refractivity contribution in [2.75, 3.05) is 25.2 Å². The molecule has 1 amide bonds. The molecular weight excluding hydrogens is 520 g/mol. The number of anilines is 1. The molecule has 0 aliphatic carbocycles. The van der Waals surface area contributed by atoms with Crippen LogP contribution in [0.1, 0.15) is 68.1 Å². The minimum atomic E-state index is -0.875. The minimum Gasteiger partial charge on any atom is -0.493 e. The molecule has 9 nitrogen and oxygen atoms in total. The summed E-state index contributed by atoms with van der Waals surface area (Å²) in [5.74, 6) is -0.114. The number of aromatic nitrogens is 1. The summed E-state index contributed by atoms with van der Waals surface area (Å²) >= 11 is 1.03. The summed E-state index contributed by atoms with van der Waals surface area (Å²) in [6, 6.07) is 7.94. The number of rotatable bonds is 7. The van der Waals surface area contributed by atoms with E-state index in [0.29, 0.717) is 40.3 Å². The second-order valence-electron chi connectivity index (χ2n) is 9.16. The zero-order chi connectivity index (χ0) is 28.0. The molecule has 0 saturated heterocycles. The lowest BCUT2D eigenvalue weighted by molar-refractivity contribution is 0.0531. The Morgan fingerprint density at radius 2 is 1.79 bits per heavy atom. The third kappa shape index (κ3) is 4.34. The predicted octanol–water partition coefficient (Wildman–Crippen LogP) is 5.51. The van der Waals surface area contributed by atoms with Crippen LogP contribution in [0.3, 0.4) is 0 Å². The number of carbonyl (C=O) groups excluding carboxylic acids is 2. The second kappa shape index (κ2) is 10.2. The van der Waals surface area contributed by atoms with Crippen LogP contribution >= 0.6 is 11.3 Å². The van der Waals surface area contributed by atoms with Crippen molar-refractivity contribution in [3.8, 4) is 11.5 Å². The van der Waals surface area contributed by atoms with Gasteiger partial charge in [-0.15, -0.1) is 0 Å². The fourth-order valence-electron chi connectivity index (χ4n) is 4.74. The average molecular weight is 549 g/mol. The maximum absolute atomic E-state index is 14.0. The minimum absolute atomic E-state index is 0.0563. The molecule has 202 valence electrons. The first kappa shape index (κ1) is 26.4. The first-order chi connectivity index (χ1) is 18.7. The summed E-state index contributed by atoms with van der Waals surface area (Å²) in [6.07, 6.45) is 0. The highest BCUT2D eigenvalue weighted by atomic mass is 32.1. The number of amides is 1. The summed E-state index contributed by atoms with van der Waals surface area (Å²) in [4.78, 5) is 46.7. The molecule has 0 spiro atoms. The van der Waals surface area contributed by atoms with Crippen molar-refractivity contribution in [3.05, 3.63) is 79.1 Å². The molecule has 0 fully saturated rings. The van der Waals surface area contributed by atoms with Gasteiger partial charge in [-0.2, -0.15) is 0 Å². The summed E-state index contributed by atoms with van der Waals surface area (Å²) in [5.41, 5.74) is 3.14. The van der Waals surface area contributed by atoms with Crippen LogP contribution < -0.4 is 19.8 Å². The first-order valence-electron chi connectivity index (χ1n) is 12.6. The van der Waals surface area contributed by atoms with Gasteiger partial charge in [-0.3, -0.25) is 14.5 Å². The van der Waals surface area contributed by atoms with Crippen LogP contribution in [0.2, 0.25) is 0 Å². The number of methoxy groups -OCH3 is 1. The fourth-order valence-corrected chi connectivity index (χ4v) is 5.73. The normalized spacial score (nSPS) is 14.6. The van der Waals surface area contributed by atoms with Crippen LogP contribution in [0.25, 0.3) is 11.0 Å². The number of fused-ring (bicyclic) bond motifs is 2. The smallest absolute Gasteiger partial charge is 0.350 e. The van der Waals surface area contributed by atoms with E-state index in [1.54, 1.807) is 44.2 Å². The maximum atomic E-state index is 14.0. The molecule has 5 rings (SSSR count). The molecule has 1 atom stereocenters. The van der Waals surface area contributed by atoms with Crippen molar-refractivity contribution in [1.82, 2.24) is 4.98 Å². The van der Waals surface area contributed by atoms with E-state index in [4.69, 9.17) is 18.6 Å². The lowest BCUT2D eigenvalue weighted by Crippen LogP contribution is -2.29. The van der Waals surface area contributed by atoms with Crippen LogP contribution in [0, 0.1) is 20.8 Å². The average Bonchev–Trinajstić information content (AvgIpc) is 3.43. The van der Waals surface area contributed by atoms with Crippen molar-refractivity contribution in [2.45, 2.75) is 40.7 Å². The monoisotopic (exact) mass is 548 g/mol. The number of benzene rings is 2. The number of ether oxygens (including phenoxy) is 3. The summed E-state index contributed by atoms with van der Waals surface area (Å²) in [7, 11) is 1.52. The Hall–Kier alpha value is -4.18. The SMILES string of the molecule is CCOC(=O)c1sc(N2C(=O)c3oc4cc(C)c(C)cc4c(=O)c3C2c2ccc(OCC)c(OC)c2)nc1C. The molecule has 2 aromatic carbocycles. The van der Waals surface area contributed by atoms with E-state index in [-0.39, 0.29) is 33.4 Å². The van der Waals surface area contributed by atoms with Crippen molar-refractivity contribution in [1.29, 1.82) is 0 Å². The van der Waals surface area contributed by atoms with Crippen molar-refractivity contribution < 1.29 is 28.2 Å². The van der Waals surface area contributed by atoms with Gasteiger partial charge >= 0.3 is 5.97 Å². The molecule has 0 N–H and O–H groups in total. The molecule has 3 heterocycles. The Morgan fingerprint density at radius 1 is 1.05 bits per heavy atom. The van der Waals surface area contributed by atoms with Gasteiger partial charge in [0, 0.05) is 0 Å². The quantitative estimate of drug-likeness (QED) is 0.278. The van der Waals surface area contributed by atoms with Crippen molar-refractivity contribution in [2.24, 2.45) is 0 Å². The predicted molar refractivity (Wildman–Crippen MR) is 148 cm³/mol. The molecule has 2 aromatic heterocycles. The Labute approximate surface area is 228 Å². The molecule has 1 unspecified atom stereocenters. The Morgan fingerprint density at radius 3 is 2.49 bits per heavy atom. The third-order valence-electron chi connectivity index (χ3n) is 6.74. The fraction of sp³-hybridized carbons (Fsp3) is 0.310. The number of carbonyl (C=O) groups is 2. The van der Waals surface area contributed by atoms with Gasteiger partial charge in [-0.05, 0) is 75.6 Å². The zero-order valence-corrected chi connectivity index (χ0v) is 23.4. The highest BCUT2D eigenvalue weighted by Gasteiger charge is 2.45. The van der Waals surface area contributed by atoms with Crippen LogP contribution in [-0.4, -0.2) is 37.2 Å². The number of esters is 1. The maximum Gasteiger partial charge on any atom is 0.350 e. The van der Waals surface area contributed by atoms with Gasteiger partial charge in [-0.25, -0.2) is 9.78 Å². The van der Waals surface area contributed by atoms with E-state index in [1.165, 1.54) is 12.0 Å². The zero-order valence-electron chi connectivity index (χ0n) is 22.5. The molecule has 39 heavy (non-hydrogen) atoms. The lowest BCUT2D eigenvalue weighted by atomic mass is 9.97. The highest BCUT2D eigenvalue weighted by molar-refractivity contribution is 7.17. The topological polar surface area (TPSA) is 108 Å². The molecule has 0 radical (unpaired) electrons. The van der Waals surface area contributed by atoms with Gasteiger partial charge < -0.3 is 18.6 Å². The Bertz CT molecular complexity index is 1690. The lowest BCUT2D eigenvalue weighted by Gasteiger charge is -2.23. The van der Waals surface area contributed by atoms with Gasteiger partial charge in [0.05, 0.1) is 43.0 Å². The van der Waals surface area contributed by atoms with E-state index in [2.05, 4.69) is 4.98 Å². The molecule has 0 saturated carbocycles. The Balaban J connectivity index is 1.77. The number of hydrogen-bond donors (Lipinski definition) is 0. The molecular formula is C29H28N2O7S. The standard InChI is InChI=1S/C29H28N2O7S/c1-7-36-19-10-9-17(13-21(19)35-6)23-22-24(32)18-11-14(3)15(4)12-20(18)38-25(22)27(33)31(23)29-30-16(5)26(39-29)28(34)37-8-2/h9-13,23H,7-8H2,1-6H3.